The number of aryl methyl sites for hydroxylation is 1. The molecule has 4 saturated heterocycles. The molecular formula is C73H95Br2Cl3GaInN14O18+6. The van der Waals surface area contributed by atoms with Gasteiger partial charge in [0.1, 0.15) is 11.1 Å². The van der Waals surface area contributed by atoms with Crippen molar-refractivity contribution >= 4 is 196 Å². The Labute approximate surface area is 714 Å². The molecule has 600 valence electrons. The minimum absolute atomic E-state index is 0. The summed E-state index contributed by atoms with van der Waals surface area (Å²) < 4.78 is 1.81. The van der Waals surface area contributed by atoms with Crippen molar-refractivity contribution in [1.29, 1.82) is 0 Å². The molecule has 0 aliphatic carbocycles. The second kappa shape index (κ2) is 49.7. The first-order valence-electron chi connectivity index (χ1n) is 35.4. The van der Waals surface area contributed by atoms with Crippen LogP contribution in [0.4, 0.5) is 30.6 Å². The van der Waals surface area contributed by atoms with Gasteiger partial charge in [-0.1, -0.05) is 90.9 Å². The smallest absolute Gasteiger partial charge is 0.480 e. The molecule has 0 saturated carbocycles. The van der Waals surface area contributed by atoms with Gasteiger partial charge in [-0.15, -0.1) is 0 Å². The Balaban J connectivity index is 0.000000533. The molecule has 2 atom stereocenters. The molecule has 4 aliphatic heterocycles. The van der Waals surface area contributed by atoms with Crippen molar-refractivity contribution in [1.82, 2.24) is 59.6 Å². The zero-order valence-electron chi connectivity index (χ0n) is 63.2. The molecule has 6 N–H and O–H groups in total. The fraction of sp³-hybridized carbons (Fsp3) is 0.507. The fourth-order valence-electron chi connectivity index (χ4n) is 12.9. The largest absolute Gasteiger partial charge is 3.00 e. The second-order valence-corrected chi connectivity index (χ2v) is 30.4. The number of aliphatic carboxylic acids is 2. The molecule has 4 fully saturated rings. The molecular weight excluding hydrogens is 1810 g/mol. The molecule has 0 unspecified atom stereocenters. The van der Waals surface area contributed by atoms with Crippen LogP contribution in [0, 0.1) is 6.92 Å². The molecule has 32 nitrogen and oxygen atoms in total. The van der Waals surface area contributed by atoms with Gasteiger partial charge in [0.15, 0.2) is 0 Å². The third-order valence-electron chi connectivity index (χ3n) is 18.9. The molecule has 0 aromatic heterocycles. The Morgan fingerprint density at radius 1 is 0.455 bits per heavy atom. The Kier molecular flexibility index (Phi) is 44.1. The standard InChI is InChI=1S/C36H49BrClN7O7.C35H46BrCl2N7O7.2CO2.Ga.In/c1-26-20-29(38)22-30(21-26)45-33(49)36(2,23-27-6-8-28(37)9-7-27)44(34(45)50)11-5-4-10-39-31(46)24-41-14-12-40(3)13-15-42(25-32(47)48)17-19-43(18-16-41)35(51)52;1-35(22-25-5-7-26(36)8-6-25)32(49)45(29-20-27(37)19-28(38)21-29)33(50)44(35)10-4-3-9-39-30(46)23-41-13-11-40(2)12-14-42(24-31(47)48)16-18-43(17-15-41)34(51)52;2*2-1-3;;/h6-9,20-22H,4-5,10-19,23-25H2,1-3H3,(H,39,46)(H,47,48)(H,51,52);5-8,19-21H,3-4,9-18,22-24H2,1-2H3,(H,39,46)(H,47,48)(H,51,52);;;;/q;;;;2*+3/t36-;35-;;;;/m00..../s1. The molecule has 10 amide bonds. The van der Waals surface area contributed by atoms with Crippen LogP contribution in [-0.2, 0) is 60.8 Å². The van der Waals surface area contributed by atoms with E-state index in [1.165, 1.54) is 32.9 Å². The van der Waals surface area contributed by atoms with Crippen molar-refractivity contribution in [2.75, 3.05) is 181 Å². The number of unbranched alkanes of at least 4 members (excludes halogenated alkanes) is 2. The fourth-order valence-corrected chi connectivity index (χ4v) is 14.2. The van der Waals surface area contributed by atoms with Crippen molar-refractivity contribution < 1.29 is 87.5 Å². The van der Waals surface area contributed by atoms with Gasteiger partial charge in [-0.25, -0.2) is 29.0 Å². The number of amides is 10. The van der Waals surface area contributed by atoms with Gasteiger partial charge in [0, 0.05) is 168 Å². The predicted molar refractivity (Wildman–Crippen MR) is 426 cm³/mol. The SMILES string of the molecule is CN1CCN(CC(=O)O)CCN(C(=O)O)CCN(CC(=O)NCCCCN2C(=O)N(c3cc(Cl)cc(Cl)c3)C(=O)[C@]2(C)Cc2ccc(Br)cc2)CC1.Cc1cc(Cl)cc(N2C(=O)N(CCCCNC(=O)CN3CCN(C)CCN(CC(=O)O)CCN(C(=O)O)CC3)[C@@](C)(Cc3ccc(Br)cc3)C2=O)c1.O=C=O.O=C=O.[Ga+3].[In+3]. The van der Waals surface area contributed by atoms with Crippen LogP contribution in [0.3, 0.4) is 0 Å². The molecule has 0 spiro atoms. The van der Waals surface area contributed by atoms with Crippen LogP contribution in [-0.4, -0.2) is 369 Å². The molecule has 112 heavy (non-hydrogen) atoms. The maximum Gasteiger partial charge on any atom is 3.00 e. The Hall–Kier alpha value is -6.96. The minimum atomic E-state index is -1.19. The van der Waals surface area contributed by atoms with Crippen molar-refractivity contribution in [2.24, 2.45) is 0 Å². The molecule has 4 aliphatic rings. The van der Waals surface area contributed by atoms with E-state index in [-0.39, 0.29) is 147 Å². The number of carboxylic acids is 2. The van der Waals surface area contributed by atoms with Crippen molar-refractivity contribution in [3.8, 4) is 0 Å². The first-order chi connectivity index (χ1) is 52.1. The van der Waals surface area contributed by atoms with Crippen LogP contribution in [0.1, 0.15) is 56.2 Å². The average molecular weight is 1910 g/mol. The van der Waals surface area contributed by atoms with Crippen LogP contribution in [0.5, 0.6) is 0 Å². The van der Waals surface area contributed by atoms with Gasteiger partial charge in [-0.2, -0.15) is 19.2 Å². The third kappa shape index (κ3) is 32.0. The summed E-state index contributed by atoms with van der Waals surface area (Å²) in [5.41, 5.74) is 1.02. The van der Waals surface area contributed by atoms with E-state index in [0.29, 0.717) is 157 Å². The van der Waals surface area contributed by atoms with E-state index in [1.807, 2.05) is 79.3 Å². The molecule has 0 radical (unpaired) electrons. The minimum Gasteiger partial charge on any atom is -0.480 e. The first kappa shape index (κ1) is 99.2. The molecule has 4 aromatic carbocycles. The van der Waals surface area contributed by atoms with Crippen LogP contribution in [0.2, 0.25) is 15.1 Å². The number of carbonyl (C=O) groups excluding carboxylic acids is 10. The number of hydrogen-bond acceptors (Lipinski definition) is 20. The summed E-state index contributed by atoms with van der Waals surface area (Å²) in [7, 11) is 3.86. The maximum atomic E-state index is 14.1. The number of carboxylic acid groups (broad SMARTS) is 4. The Morgan fingerprint density at radius 3 is 1.05 bits per heavy atom. The van der Waals surface area contributed by atoms with Gasteiger partial charge < -0.3 is 60.5 Å². The number of benzene rings is 4. The van der Waals surface area contributed by atoms with Gasteiger partial charge in [-0.3, -0.25) is 48.4 Å². The monoisotopic (exact) mass is 1900 g/mol. The van der Waals surface area contributed by atoms with Crippen LogP contribution in [0.15, 0.2) is 93.9 Å². The summed E-state index contributed by atoms with van der Waals surface area (Å²) in [4.78, 5) is 180. The summed E-state index contributed by atoms with van der Waals surface area (Å²) in [6, 6.07) is 24.1. The number of halogens is 5. The topological polar surface area (TPSA) is 383 Å². The zero-order chi connectivity index (χ0) is 81.4. The zero-order valence-corrected chi connectivity index (χ0v) is 74.4. The van der Waals surface area contributed by atoms with Gasteiger partial charge in [0.25, 0.3) is 11.8 Å². The first-order valence-corrected chi connectivity index (χ1v) is 38.1. The normalized spacial score (nSPS) is 18.8. The van der Waals surface area contributed by atoms with Gasteiger partial charge in [0.05, 0.1) is 37.6 Å². The number of urea groups is 2. The van der Waals surface area contributed by atoms with E-state index < -0.39 is 47.3 Å². The summed E-state index contributed by atoms with van der Waals surface area (Å²) >= 11 is 25.7. The number of anilines is 2. The average Bonchev–Trinajstić information content (AvgIpc) is 1.60. The van der Waals surface area contributed by atoms with E-state index in [1.54, 1.807) is 51.6 Å². The summed E-state index contributed by atoms with van der Waals surface area (Å²) in [6.07, 6.45) is 1.09. The van der Waals surface area contributed by atoms with Crippen molar-refractivity contribution in [3.05, 3.63) is 126 Å². The molecule has 4 aromatic rings. The van der Waals surface area contributed by atoms with Crippen molar-refractivity contribution in [2.45, 2.75) is 70.4 Å². The van der Waals surface area contributed by atoms with Gasteiger partial charge >= 0.3 is 94.1 Å². The predicted octanol–water partition coefficient (Wildman–Crippen LogP) is 5.80. The molecule has 4 heterocycles. The quantitative estimate of drug-likeness (QED) is 0.0274. The number of hydrogen-bond donors (Lipinski definition) is 6. The molecule has 8 rings (SSSR count). The van der Waals surface area contributed by atoms with Crippen LogP contribution >= 0.6 is 66.7 Å². The summed E-state index contributed by atoms with van der Waals surface area (Å²) in [6.45, 7) is 12.9. The summed E-state index contributed by atoms with van der Waals surface area (Å²) in [5, 5.41) is 44.9. The van der Waals surface area contributed by atoms with Crippen LogP contribution in [0.25, 0.3) is 0 Å². The van der Waals surface area contributed by atoms with E-state index >= 15 is 0 Å². The van der Waals surface area contributed by atoms with Gasteiger partial charge in [0.2, 0.25) is 11.8 Å². The van der Waals surface area contributed by atoms with Gasteiger partial charge in [-0.05, 0) is 138 Å². The number of likely N-dealkylation sites (N-methyl/N-ethyl adjacent to an activating group) is 2. The summed E-state index contributed by atoms with van der Waals surface area (Å²) in [5.74, 6) is -3.04. The van der Waals surface area contributed by atoms with E-state index in [4.69, 9.17) is 54.0 Å². The number of imide groups is 2. The number of rotatable bonds is 24. The van der Waals surface area contributed by atoms with Crippen LogP contribution < -0.4 is 20.4 Å². The molecule has 39 heteroatoms. The molecule has 0 bridgehead atoms. The Bertz CT molecular complexity index is 3620. The van der Waals surface area contributed by atoms with E-state index in [9.17, 15) is 68.4 Å². The van der Waals surface area contributed by atoms with E-state index in [0.717, 1.165) is 30.5 Å². The number of carbonyl (C=O) groups is 10. The van der Waals surface area contributed by atoms with Crippen molar-refractivity contribution in [3.63, 3.8) is 0 Å². The Morgan fingerprint density at radius 2 is 0.750 bits per heavy atom. The van der Waals surface area contributed by atoms with E-state index in [2.05, 4.69) is 52.3 Å². The second-order valence-electron chi connectivity index (χ2n) is 27.2. The number of nitrogens with zero attached hydrogens (tertiary/aromatic N) is 12. The third-order valence-corrected chi connectivity index (χ3v) is 20.6. The number of nitrogens with one attached hydrogen (secondary N) is 2. The maximum absolute atomic E-state index is 14.1.